The Bertz CT molecular complexity index is 267. The van der Waals surface area contributed by atoms with E-state index >= 15 is 0 Å². The summed E-state index contributed by atoms with van der Waals surface area (Å²) in [6.45, 7) is 3.82. The number of hydrogen-bond donors (Lipinski definition) is 2. The number of imidazole rings is 1. The molecule has 0 fully saturated rings. The number of H-pyrrole nitrogens is 1. The molecular weight excluding hydrogens is 168 g/mol. The third-order valence-electron chi connectivity index (χ3n) is 2.11. The molecule has 72 valence electrons. The Labute approximate surface area is 77.0 Å². The van der Waals surface area contributed by atoms with Crippen LogP contribution in [0, 0.1) is 11.8 Å². The summed E-state index contributed by atoms with van der Waals surface area (Å²) in [5.41, 5.74) is 0.807. The van der Waals surface area contributed by atoms with Gasteiger partial charge in [0.25, 0.3) is 0 Å². The predicted octanol–water partition coefficient (Wildman–Crippen LogP) is 1.31. The van der Waals surface area contributed by atoms with E-state index in [0.29, 0.717) is 6.42 Å². The first kappa shape index (κ1) is 9.77. The van der Waals surface area contributed by atoms with Gasteiger partial charge in [0, 0.05) is 12.6 Å². The molecule has 1 unspecified atom stereocenters. The van der Waals surface area contributed by atoms with E-state index in [1.165, 1.54) is 0 Å². The zero-order valence-electron chi connectivity index (χ0n) is 7.82. The summed E-state index contributed by atoms with van der Waals surface area (Å²) in [7, 11) is 0. The lowest BCUT2D eigenvalue weighted by Crippen LogP contribution is -2.22. The van der Waals surface area contributed by atoms with Crippen LogP contribution in [0.25, 0.3) is 0 Å². The Morgan fingerprint density at radius 2 is 2.38 bits per heavy atom. The molecule has 4 nitrogen and oxygen atoms in total. The fraction of sp³-hybridized carbons (Fsp3) is 0.556. The zero-order chi connectivity index (χ0) is 9.84. The van der Waals surface area contributed by atoms with Gasteiger partial charge in [-0.3, -0.25) is 4.79 Å². The van der Waals surface area contributed by atoms with Crippen LogP contribution < -0.4 is 0 Å². The average Bonchev–Trinajstić information content (AvgIpc) is 2.50. The van der Waals surface area contributed by atoms with Gasteiger partial charge in [-0.15, -0.1) is 0 Å². The average molecular weight is 182 g/mol. The van der Waals surface area contributed by atoms with Gasteiger partial charge in [-0.1, -0.05) is 13.8 Å². The fourth-order valence-electron chi connectivity index (χ4n) is 1.24. The minimum atomic E-state index is -0.752. The van der Waals surface area contributed by atoms with Crippen molar-refractivity contribution in [3.63, 3.8) is 0 Å². The highest BCUT2D eigenvalue weighted by Gasteiger charge is 2.22. The minimum absolute atomic E-state index is 0.134. The molecule has 1 rings (SSSR count). The van der Waals surface area contributed by atoms with E-state index in [1.54, 1.807) is 12.5 Å². The molecule has 4 heteroatoms. The van der Waals surface area contributed by atoms with E-state index in [0.717, 1.165) is 5.69 Å². The number of aliphatic carboxylic acids is 1. The summed E-state index contributed by atoms with van der Waals surface area (Å²) < 4.78 is 0. The molecule has 0 aromatic carbocycles. The first-order chi connectivity index (χ1) is 6.11. The van der Waals surface area contributed by atoms with E-state index < -0.39 is 5.97 Å². The molecular formula is C9H14N2O2. The molecule has 2 N–H and O–H groups in total. The molecule has 1 aromatic rings. The third kappa shape index (κ3) is 2.57. The quantitative estimate of drug-likeness (QED) is 0.737. The summed E-state index contributed by atoms with van der Waals surface area (Å²) >= 11 is 0. The van der Waals surface area contributed by atoms with Crippen molar-refractivity contribution < 1.29 is 9.90 Å². The molecule has 0 aliphatic carbocycles. The number of nitrogens with one attached hydrogen (secondary N) is 1. The standard InChI is InChI=1S/C9H14N2O2/c1-6(2)8(9(12)13)3-7-4-10-5-11-7/h4-6,8H,3H2,1-2H3,(H,10,11)(H,12,13). The second kappa shape index (κ2) is 4.07. The lowest BCUT2D eigenvalue weighted by Gasteiger charge is -2.14. The highest BCUT2D eigenvalue weighted by Crippen LogP contribution is 2.15. The van der Waals surface area contributed by atoms with E-state index in [2.05, 4.69) is 9.97 Å². The molecule has 13 heavy (non-hydrogen) atoms. The van der Waals surface area contributed by atoms with Gasteiger partial charge in [0.2, 0.25) is 0 Å². The monoisotopic (exact) mass is 182 g/mol. The van der Waals surface area contributed by atoms with Gasteiger partial charge in [0.1, 0.15) is 0 Å². The number of carboxylic acid groups (broad SMARTS) is 1. The van der Waals surface area contributed by atoms with Crippen molar-refractivity contribution in [1.29, 1.82) is 0 Å². The number of aromatic nitrogens is 2. The predicted molar refractivity (Wildman–Crippen MR) is 48.3 cm³/mol. The van der Waals surface area contributed by atoms with Gasteiger partial charge in [0.05, 0.1) is 17.9 Å². The van der Waals surface area contributed by atoms with Gasteiger partial charge in [-0.2, -0.15) is 0 Å². The topological polar surface area (TPSA) is 66.0 Å². The number of carbonyl (C=O) groups is 1. The molecule has 0 aliphatic rings. The van der Waals surface area contributed by atoms with E-state index in [9.17, 15) is 4.79 Å². The minimum Gasteiger partial charge on any atom is -0.481 e. The van der Waals surface area contributed by atoms with Crippen LogP contribution in [0.4, 0.5) is 0 Å². The number of hydrogen-bond acceptors (Lipinski definition) is 2. The highest BCUT2D eigenvalue weighted by molar-refractivity contribution is 5.70. The molecule has 1 atom stereocenters. The Morgan fingerprint density at radius 1 is 1.69 bits per heavy atom. The van der Waals surface area contributed by atoms with Crippen LogP contribution in [0.2, 0.25) is 0 Å². The van der Waals surface area contributed by atoms with E-state index in [-0.39, 0.29) is 11.8 Å². The fourth-order valence-corrected chi connectivity index (χ4v) is 1.24. The summed E-state index contributed by atoms with van der Waals surface area (Å²) in [5.74, 6) is -0.963. The summed E-state index contributed by atoms with van der Waals surface area (Å²) in [4.78, 5) is 17.6. The molecule has 0 aliphatic heterocycles. The van der Waals surface area contributed by atoms with Crippen LogP contribution in [0.3, 0.4) is 0 Å². The van der Waals surface area contributed by atoms with Crippen molar-refractivity contribution in [2.45, 2.75) is 20.3 Å². The van der Waals surface area contributed by atoms with Crippen molar-refractivity contribution in [1.82, 2.24) is 9.97 Å². The van der Waals surface area contributed by atoms with Crippen LogP contribution in [-0.2, 0) is 11.2 Å². The van der Waals surface area contributed by atoms with Crippen molar-refractivity contribution in [3.8, 4) is 0 Å². The van der Waals surface area contributed by atoms with E-state index in [1.807, 2.05) is 13.8 Å². The maximum absolute atomic E-state index is 10.8. The molecule has 1 aromatic heterocycles. The molecule has 0 saturated heterocycles. The van der Waals surface area contributed by atoms with Crippen LogP contribution in [0.15, 0.2) is 12.5 Å². The van der Waals surface area contributed by atoms with Crippen molar-refractivity contribution in [2.24, 2.45) is 11.8 Å². The van der Waals surface area contributed by atoms with Gasteiger partial charge in [-0.05, 0) is 5.92 Å². The number of rotatable bonds is 4. The summed E-state index contributed by atoms with van der Waals surface area (Å²) in [6.07, 6.45) is 3.80. The van der Waals surface area contributed by atoms with E-state index in [4.69, 9.17) is 5.11 Å². The zero-order valence-corrected chi connectivity index (χ0v) is 7.82. The molecule has 0 amide bonds. The first-order valence-corrected chi connectivity index (χ1v) is 4.31. The smallest absolute Gasteiger partial charge is 0.307 e. The number of carboxylic acids is 1. The number of aromatic amines is 1. The molecule has 1 heterocycles. The van der Waals surface area contributed by atoms with Crippen LogP contribution >= 0.6 is 0 Å². The van der Waals surface area contributed by atoms with Crippen molar-refractivity contribution in [3.05, 3.63) is 18.2 Å². The lowest BCUT2D eigenvalue weighted by molar-refractivity contribution is -0.143. The van der Waals surface area contributed by atoms with Gasteiger partial charge >= 0.3 is 5.97 Å². The molecule has 0 bridgehead atoms. The Hall–Kier alpha value is -1.32. The molecule has 0 spiro atoms. The third-order valence-corrected chi connectivity index (χ3v) is 2.11. The second-order valence-corrected chi connectivity index (χ2v) is 3.45. The Kier molecular flexibility index (Phi) is 3.06. The second-order valence-electron chi connectivity index (χ2n) is 3.45. The summed E-state index contributed by atoms with van der Waals surface area (Å²) in [6, 6.07) is 0. The van der Waals surface area contributed by atoms with Crippen LogP contribution in [0.5, 0.6) is 0 Å². The first-order valence-electron chi connectivity index (χ1n) is 4.31. The largest absolute Gasteiger partial charge is 0.481 e. The highest BCUT2D eigenvalue weighted by atomic mass is 16.4. The van der Waals surface area contributed by atoms with Gasteiger partial charge in [0.15, 0.2) is 0 Å². The van der Waals surface area contributed by atoms with Crippen molar-refractivity contribution in [2.75, 3.05) is 0 Å². The Balaban J connectivity index is 2.63. The van der Waals surface area contributed by atoms with Gasteiger partial charge < -0.3 is 10.1 Å². The molecule has 0 saturated carbocycles. The van der Waals surface area contributed by atoms with Crippen LogP contribution in [0.1, 0.15) is 19.5 Å². The molecule has 0 radical (unpaired) electrons. The maximum atomic E-state index is 10.8. The normalized spacial score (nSPS) is 13.2. The Morgan fingerprint density at radius 3 is 2.77 bits per heavy atom. The SMILES string of the molecule is CC(C)C(Cc1c[nH]cn1)C(=O)O. The van der Waals surface area contributed by atoms with Crippen molar-refractivity contribution >= 4 is 5.97 Å². The lowest BCUT2D eigenvalue weighted by atomic mass is 9.92. The summed E-state index contributed by atoms with van der Waals surface area (Å²) in [5, 5.41) is 8.90. The maximum Gasteiger partial charge on any atom is 0.307 e. The van der Waals surface area contributed by atoms with Crippen LogP contribution in [-0.4, -0.2) is 21.0 Å². The number of nitrogens with zero attached hydrogens (tertiary/aromatic N) is 1. The van der Waals surface area contributed by atoms with Gasteiger partial charge in [-0.25, -0.2) is 4.98 Å².